The monoisotopic (exact) mass is 555 g/mol. The van der Waals surface area contributed by atoms with Gasteiger partial charge < -0.3 is 10.6 Å². The molecular formula is C19H34IN5O4S. The van der Waals surface area contributed by atoms with E-state index in [0.717, 1.165) is 24.7 Å². The minimum Gasteiger partial charge on any atom is -0.355 e. The van der Waals surface area contributed by atoms with E-state index in [4.69, 9.17) is 0 Å². The number of guanidine groups is 1. The Morgan fingerprint density at radius 1 is 1.17 bits per heavy atom. The molecular weight excluding hydrogens is 521 g/mol. The SMILES string of the molecule is CCCCCCC(C)NC(=NCc1ccc([N+](=O)[O-])cc1)NCCNS(C)(=O)=O.I. The molecule has 0 bridgehead atoms. The van der Waals surface area contributed by atoms with Crippen molar-refractivity contribution < 1.29 is 13.3 Å². The summed E-state index contributed by atoms with van der Waals surface area (Å²) in [5.74, 6) is 0.585. The number of rotatable bonds is 13. The van der Waals surface area contributed by atoms with Gasteiger partial charge in [-0.3, -0.25) is 10.1 Å². The van der Waals surface area contributed by atoms with Gasteiger partial charge in [0.15, 0.2) is 5.96 Å². The molecule has 0 aromatic heterocycles. The van der Waals surface area contributed by atoms with Crippen molar-refractivity contribution in [1.29, 1.82) is 0 Å². The topological polar surface area (TPSA) is 126 Å². The highest BCUT2D eigenvalue weighted by Gasteiger charge is 2.07. The van der Waals surface area contributed by atoms with Crippen LogP contribution in [0.3, 0.4) is 0 Å². The number of nitro groups is 1. The standard InChI is InChI=1S/C19H33N5O4S.HI/c1-4-5-6-7-8-16(2)23-19(20-13-14-22-29(3,27)28)21-15-17-9-11-18(12-10-17)24(25)26;/h9-12,16,22H,4-8,13-15H2,1-3H3,(H2,20,21,23);1H. The second-order valence-electron chi connectivity index (χ2n) is 7.08. The summed E-state index contributed by atoms with van der Waals surface area (Å²) >= 11 is 0. The number of hydrogen-bond acceptors (Lipinski definition) is 5. The zero-order chi connectivity index (χ0) is 21.7. The highest BCUT2D eigenvalue weighted by atomic mass is 127. The number of aliphatic imine (C=N–C) groups is 1. The van der Waals surface area contributed by atoms with E-state index in [1.807, 2.05) is 0 Å². The van der Waals surface area contributed by atoms with E-state index < -0.39 is 14.9 Å². The fourth-order valence-corrected chi connectivity index (χ4v) is 3.12. The lowest BCUT2D eigenvalue weighted by Crippen LogP contribution is -2.44. The Morgan fingerprint density at radius 3 is 2.40 bits per heavy atom. The molecule has 172 valence electrons. The first-order valence-electron chi connectivity index (χ1n) is 9.94. The van der Waals surface area contributed by atoms with Gasteiger partial charge in [0.05, 0.1) is 17.7 Å². The third kappa shape index (κ3) is 13.7. The van der Waals surface area contributed by atoms with E-state index in [9.17, 15) is 18.5 Å². The Labute approximate surface area is 196 Å². The highest BCUT2D eigenvalue weighted by Crippen LogP contribution is 2.12. The van der Waals surface area contributed by atoms with Gasteiger partial charge in [0, 0.05) is 31.3 Å². The quantitative estimate of drug-likeness (QED) is 0.0858. The molecule has 30 heavy (non-hydrogen) atoms. The molecule has 1 unspecified atom stereocenters. The minimum absolute atomic E-state index is 0. The van der Waals surface area contributed by atoms with E-state index >= 15 is 0 Å². The Hall–Kier alpha value is -1.47. The molecule has 0 amide bonds. The van der Waals surface area contributed by atoms with Crippen LogP contribution in [0.2, 0.25) is 0 Å². The van der Waals surface area contributed by atoms with E-state index in [1.165, 1.54) is 31.4 Å². The molecule has 0 aliphatic rings. The number of sulfonamides is 1. The van der Waals surface area contributed by atoms with Crippen LogP contribution in [-0.2, 0) is 16.6 Å². The maximum Gasteiger partial charge on any atom is 0.269 e. The largest absolute Gasteiger partial charge is 0.355 e. The lowest BCUT2D eigenvalue weighted by atomic mass is 10.1. The third-order valence-electron chi connectivity index (χ3n) is 4.22. The number of non-ortho nitro benzene ring substituents is 1. The molecule has 0 saturated carbocycles. The molecule has 0 aliphatic heterocycles. The van der Waals surface area contributed by atoms with Crippen LogP contribution in [0.25, 0.3) is 0 Å². The van der Waals surface area contributed by atoms with Crippen LogP contribution in [0.15, 0.2) is 29.3 Å². The van der Waals surface area contributed by atoms with Crippen LogP contribution >= 0.6 is 24.0 Å². The van der Waals surface area contributed by atoms with E-state index in [-0.39, 0.29) is 42.3 Å². The summed E-state index contributed by atoms with van der Waals surface area (Å²) in [6, 6.07) is 6.49. The third-order valence-corrected chi connectivity index (χ3v) is 4.95. The molecule has 3 N–H and O–H groups in total. The van der Waals surface area contributed by atoms with Crippen molar-refractivity contribution >= 4 is 45.6 Å². The summed E-state index contributed by atoms with van der Waals surface area (Å²) in [7, 11) is -3.23. The van der Waals surface area contributed by atoms with Gasteiger partial charge in [-0.2, -0.15) is 0 Å². The Balaban J connectivity index is 0.00000841. The molecule has 9 nitrogen and oxygen atoms in total. The number of unbranched alkanes of at least 4 members (excludes halogenated alkanes) is 3. The van der Waals surface area contributed by atoms with Crippen molar-refractivity contribution in [2.75, 3.05) is 19.3 Å². The molecule has 1 rings (SSSR count). The Bertz CT molecular complexity index is 757. The zero-order valence-electron chi connectivity index (χ0n) is 17.9. The smallest absolute Gasteiger partial charge is 0.269 e. The molecule has 0 saturated heterocycles. The fourth-order valence-electron chi connectivity index (χ4n) is 2.65. The second-order valence-corrected chi connectivity index (χ2v) is 8.91. The van der Waals surface area contributed by atoms with Crippen molar-refractivity contribution in [1.82, 2.24) is 15.4 Å². The van der Waals surface area contributed by atoms with Crippen LogP contribution in [-0.4, -0.2) is 44.7 Å². The number of nitrogens with one attached hydrogen (secondary N) is 3. The Morgan fingerprint density at radius 2 is 1.83 bits per heavy atom. The van der Waals surface area contributed by atoms with E-state index in [1.54, 1.807) is 12.1 Å². The molecule has 0 fully saturated rings. The summed E-state index contributed by atoms with van der Waals surface area (Å²) in [6.07, 6.45) is 6.88. The van der Waals surface area contributed by atoms with Gasteiger partial charge in [0.25, 0.3) is 5.69 Å². The first-order chi connectivity index (χ1) is 13.7. The van der Waals surface area contributed by atoms with Crippen molar-refractivity contribution in [2.45, 2.75) is 58.5 Å². The first kappa shape index (κ1) is 28.5. The summed E-state index contributed by atoms with van der Waals surface area (Å²) in [6.45, 7) is 5.27. The lowest BCUT2D eigenvalue weighted by Gasteiger charge is -2.18. The second kappa shape index (κ2) is 15.3. The van der Waals surface area contributed by atoms with E-state index in [0.29, 0.717) is 19.0 Å². The van der Waals surface area contributed by atoms with Gasteiger partial charge in [0.2, 0.25) is 10.0 Å². The van der Waals surface area contributed by atoms with Crippen LogP contribution < -0.4 is 15.4 Å². The van der Waals surface area contributed by atoms with Crippen LogP contribution in [0.1, 0.15) is 51.5 Å². The van der Waals surface area contributed by atoms with E-state index in [2.05, 4.69) is 34.2 Å². The molecule has 0 spiro atoms. The van der Waals surface area contributed by atoms with Gasteiger partial charge in [-0.05, 0) is 18.9 Å². The molecule has 11 heteroatoms. The molecule has 1 aromatic rings. The number of nitrogens with zero attached hydrogens (tertiary/aromatic N) is 2. The number of halogens is 1. The summed E-state index contributed by atoms with van der Waals surface area (Å²) in [5, 5.41) is 17.2. The van der Waals surface area contributed by atoms with Crippen molar-refractivity contribution in [3.8, 4) is 0 Å². The van der Waals surface area contributed by atoms with Gasteiger partial charge in [-0.25, -0.2) is 18.1 Å². The normalized spacial score (nSPS) is 12.7. The summed E-state index contributed by atoms with van der Waals surface area (Å²) in [4.78, 5) is 14.9. The summed E-state index contributed by atoms with van der Waals surface area (Å²) < 4.78 is 24.8. The summed E-state index contributed by atoms with van der Waals surface area (Å²) in [5.41, 5.74) is 0.892. The van der Waals surface area contributed by atoms with Crippen LogP contribution in [0.5, 0.6) is 0 Å². The molecule has 0 radical (unpaired) electrons. The minimum atomic E-state index is -3.23. The maximum absolute atomic E-state index is 11.2. The predicted molar refractivity (Wildman–Crippen MR) is 132 cm³/mol. The van der Waals surface area contributed by atoms with Crippen molar-refractivity contribution in [3.63, 3.8) is 0 Å². The van der Waals surface area contributed by atoms with Crippen molar-refractivity contribution in [3.05, 3.63) is 39.9 Å². The zero-order valence-corrected chi connectivity index (χ0v) is 21.0. The van der Waals surface area contributed by atoms with Gasteiger partial charge in [-0.1, -0.05) is 44.7 Å². The van der Waals surface area contributed by atoms with Crippen LogP contribution in [0, 0.1) is 10.1 Å². The molecule has 1 atom stereocenters. The number of benzene rings is 1. The maximum atomic E-state index is 11.2. The van der Waals surface area contributed by atoms with Gasteiger partial charge >= 0.3 is 0 Å². The predicted octanol–water partition coefficient (Wildman–Crippen LogP) is 3.16. The highest BCUT2D eigenvalue weighted by molar-refractivity contribution is 14.0. The lowest BCUT2D eigenvalue weighted by molar-refractivity contribution is -0.384. The average molecular weight is 555 g/mol. The number of nitro benzene ring substituents is 1. The first-order valence-corrected chi connectivity index (χ1v) is 11.8. The van der Waals surface area contributed by atoms with Gasteiger partial charge in [0.1, 0.15) is 0 Å². The van der Waals surface area contributed by atoms with Crippen LogP contribution in [0.4, 0.5) is 5.69 Å². The average Bonchev–Trinajstić information content (AvgIpc) is 2.66. The molecule has 0 heterocycles. The molecule has 0 aliphatic carbocycles. The Kier molecular flexibility index (Phi) is 14.6. The number of hydrogen-bond donors (Lipinski definition) is 3. The van der Waals surface area contributed by atoms with Crippen molar-refractivity contribution in [2.24, 2.45) is 4.99 Å². The molecule has 1 aromatic carbocycles. The van der Waals surface area contributed by atoms with Gasteiger partial charge in [-0.15, -0.1) is 24.0 Å². The fraction of sp³-hybridized carbons (Fsp3) is 0.632.